The molecule has 1 atom stereocenters. The maximum atomic E-state index is 4.34. The van der Waals surface area contributed by atoms with Gasteiger partial charge in [-0.25, -0.2) is 9.97 Å². The average molecular weight is 297 g/mol. The molecular weight excluding hydrogens is 282 g/mol. The quantitative estimate of drug-likeness (QED) is 0.784. The van der Waals surface area contributed by atoms with Crippen LogP contribution in [-0.4, -0.2) is 26.7 Å². The zero-order valence-corrected chi connectivity index (χ0v) is 12.4. The molecule has 0 saturated carbocycles. The fourth-order valence-electron chi connectivity index (χ4n) is 2.07. The number of nitrogens with one attached hydrogen (secondary N) is 1. The molecule has 2 heterocycles. The highest BCUT2D eigenvalue weighted by atomic mass is 32.1. The maximum absolute atomic E-state index is 4.34. The third-order valence-corrected chi connectivity index (χ3v) is 4.07. The van der Waals surface area contributed by atoms with Crippen LogP contribution >= 0.6 is 11.3 Å². The molecule has 2 aromatic heterocycles. The van der Waals surface area contributed by atoms with Crippen LogP contribution in [0, 0.1) is 0 Å². The maximum Gasteiger partial charge on any atom is 0.150 e. The van der Waals surface area contributed by atoms with E-state index in [1.807, 2.05) is 18.2 Å². The van der Waals surface area contributed by atoms with E-state index in [1.54, 1.807) is 23.7 Å². The summed E-state index contributed by atoms with van der Waals surface area (Å²) in [6, 6.07) is 10.3. The normalized spacial score (nSPS) is 12.2. The minimum absolute atomic E-state index is 0.0621. The van der Waals surface area contributed by atoms with Gasteiger partial charge in [-0.15, -0.1) is 10.2 Å². The summed E-state index contributed by atoms with van der Waals surface area (Å²) < 4.78 is 0. The fourth-order valence-corrected chi connectivity index (χ4v) is 3.00. The van der Waals surface area contributed by atoms with E-state index < -0.39 is 0 Å². The molecule has 0 aliphatic rings. The van der Waals surface area contributed by atoms with E-state index in [1.165, 1.54) is 11.9 Å². The van der Waals surface area contributed by atoms with Crippen molar-refractivity contribution >= 4 is 11.3 Å². The molecule has 106 valence electrons. The van der Waals surface area contributed by atoms with Crippen LogP contribution in [0.25, 0.3) is 10.6 Å². The summed E-state index contributed by atoms with van der Waals surface area (Å²) >= 11 is 1.56. The van der Waals surface area contributed by atoms with Crippen LogP contribution in [0.1, 0.15) is 23.5 Å². The molecule has 0 saturated heterocycles. The third-order valence-electron chi connectivity index (χ3n) is 3.04. The van der Waals surface area contributed by atoms with Gasteiger partial charge in [0.1, 0.15) is 11.3 Å². The molecule has 3 aromatic rings. The summed E-state index contributed by atoms with van der Waals surface area (Å²) in [7, 11) is 0. The van der Waals surface area contributed by atoms with Crippen molar-refractivity contribution in [1.29, 1.82) is 0 Å². The second kappa shape index (κ2) is 6.51. The Hall–Kier alpha value is -2.18. The predicted molar refractivity (Wildman–Crippen MR) is 82.9 cm³/mol. The van der Waals surface area contributed by atoms with Gasteiger partial charge < -0.3 is 5.32 Å². The number of aromatic nitrogens is 4. The molecule has 0 spiro atoms. The molecule has 0 bridgehead atoms. The molecule has 1 unspecified atom stereocenters. The van der Waals surface area contributed by atoms with Crippen molar-refractivity contribution in [2.24, 2.45) is 0 Å². The van der Waals surface area contributed by atoms with E-state index in [2.05, 4.69) is 44.5 Å². The fraction of sp³-hybridized carbons (Fsp3) is 0.200. The standard InChI is InChI=1S/C15H15N5S/c1-2-18-13(11-6-4-3-5-7-11)15-20-19-14(21-15)12-8-16-10-17-9-12/h3-10,13,18H,2H2,1H3. The van der Waals surface area contributed by atoms with Crippen LogP contribution < -0.4 is 5.32 Å². The molecule has 3 rings (SSSR count). The molecule has 0 aliphatic heterocycles. The zero-order valence-electron chi connectivity index (χ0n) is 11.6. The Balaban J connectivity index is 1.93. The average Bonchev–Trinajstić information content (AvgIpc) is 3.04. The molecule has 1 aromatic carbocycles. The second-order valence-corrected chi connectivity index (χ2v) is 5.48. The van der Waals surface area contributed by atoms with Gasteiger partial charge in [0.05, 0.1) is 6.04 Å². The zero-order chi connectivity index (χ0) is 14.5. The second-order valence-electron chi connectivity index (χ2n) is 4.47. The molecule has 0 amide bonds. The Morgan fingerprint density at radius 1 is 1.10 bits per heavy atom. The van der Waals surface area contributed by atoms with Crippen LogP contribution in [0.2, 0.25) is 0 Å². The first-order valence-electron chi connectivity index (χ1n) is 6.75. The lowest BCUT2D eigenvalue weighted by atomic mass is 10.1. The van der Waals surface area contributed by atoms with Crippen LogP contribution in [0.15, 0.2) is 49.1 Å². The summed E-state index contributed by atoms with van der Waals surface area (Å²) in [6.07, 6.45) is 5.01. The number of nitrogens with zero attached hydrogens (tertiary/aromatic N) is 4. The minimum atomic E-state index is 0.0621. The van der Waals surface area contributed by atoms with Crippen molar-refractivity contribution in [3.05, 3.63) is 59.6 Å². The van der Waals surface area contributed by atoms with Gasteiger partial charge >= 0.3 is 0 Å². The van der Waals surface area contributed by atoms with Gasteiger partial charge in [0.2, 0.25) is 0 Å². The van der Waals surface area contributed by atoms with Crippen LogP contribution in [0.4, 0.5) is 0 Å². The van der Waals surface area contributed by atoms with Gasteiger partial charge in [-0.05, 0) is 12.1 Å². The van der Waals surface area contributed by atoms with E-state index in [9.17, 15) is 0 Å². The predicted octanol–water partition coefficient (Wildman–Crippen LogP) is 2.69. The van der Waals surface area contributed by atoms with E-state index in [0.29, 0.717) is 0 Å². The monoisotopic (exact) mass is 297 g/mol. The first kappa shape index (κ1) is 13.8. The Kier molecular flexibility index (Phi) is 4.28. The van der Waals surface area contributed by atoms with E-state index in [0.717, 1.165) is 22.1 Å². The number of benzene rings is 1. The third kappa shape index (κ3) is 3.12. The first-order chi connectivity index (χ1) is 10.4. The molecular formula is C15H15N5S. The lowest BCUT2D eigenvalue weighted by Gasteiger charge is -2.14. The van der Waals surface area contributed by atoms with E-state index >= 15 is 0 Å². The Morgan fingerprint density at radius 3 is 2.57 bits per heavy atom. The Bertz CT molecular complexity index is 684. The van der Waals surface area contributed by atoms with Gasteiger partial charge in [-0.2, -0.15) is 0 Å². The van der Waals surface area contributed by atoms with Gasteiger partial charge in [-0.3, -0.25) is 0 Å². The number of hydrogen-bond acceptors (Lipinski definition) is 6. The minimum Gasteiger partial charge on any atom is -0.304 e. The van der Waals surface area contributed by atoms with Crippen LogP contribution in [0.5, 0.6) is 0 Å². The molecule has 5 nitrogen and oxygen atoms in total. The largest absolute Gasteiger partial charge is 0.304 e. The highest BCUT2D eigenvalue weighted by molar-refractivity contribution is 7.14. The number of hydrogen-bond donors (Lipinski definition) is 1. The summed E-state index contributed by atoms with van der Waals surface area (Å²) in [5.74, 6) is 0. The Labute approximate surface area is 127 Å². The Morgan fingerprint density at radius 2 is 1.86 bits per heavy atom. The topological polar surface area (TPSA) is 63.6 Å². The van der Waals surface area contributed by atoms with E-state index in [4.69, 9.17) is 0 Å². The lowest BCUT2D eigenvalue weighted by Crippen LogP contribution is -2.21. The van der Waals surface area contributed by atoms with Gasteiger partial charge in [0.15, 0.2) is 5.01 Å². The highest BCUT2D eigenvalue weighted by Crippen LogP contribution is 2.29. The van der Waals surface area contributed by atoms with Gasteiger partial charge in [-0.1, -0.05) is 48.6 Å². The number of rotatable bonds is 5. The molecule has 6 heteroatoms. The molecule has 0 fully saturated rings. The van der Waals surface area contributed by atoms with Crippen molar-refractivity contribution in [3.63, 3.8) is 0 Å². The summed E-state index contributed by atoms with van der Waals surface area (Å²) in [4.78, 5) is 8.04. The van der Waals surface area contributed by atoms with Crippen LogP contribution in [0.3, 0.4) is 0 Å². The molecule has 1 N–H and O–H groups in total. The van der Waals surface area contributed by atoms with Crippen molar-refractivity contribution in [2.45, 2.75) is 13.0 Å². The molecule has 0 aliphatic carbocycles. The SMILES string of the molecule is CCNC(c1ccccc1)c1nnc(-c2cncnc2)s1. The van der Waals surface area contributed by atoms with Crippen molar-refractivity contribution < 1.29 is 0 Å². The highest BCUT2D eigenvalue weighted by Gasteiger charge is 2.18. The molecule has 0 radical (unpaired) electrons. The van der Waals surface area contributed by atoms with E-state index in [-0.39, 0.29) is 6.04 Å². The smallest absolute Gasteiger partial charge is 0.150 e. The van der Waals surface area contributed by atoms with Gasteiger partial charge in [0, 0.05) is 18.0 Å². The van der Waals surface area contributed by atoms with Crippen LogP contribution in [-0.2, 0) is 0 Å². The van der Waals surface area contributed by atoms with Gasteiger partial charge in [0.25, 0.3) is 0 Å². The van der Waals surface area contributed by atoms with Crippen molar-refractivity contribution in [2.75, 3.05) is 6.54 Å². The summed E-state index contributed by atoms with van der Waals surface area (Å²) in [6.45, 7) is 2.95. The van der Waals surface area contributed by atoms with Crippen molar-refractivity contribution in [1.82, 2.24) is 25.5 Å². The van der Waals surface area contributed by atoms with Crippen molar-refractivity contribution in [3.8, 4) is 10.6 Å². The summed E-state index contributed by atoms with van der Waals surface area (Å²) in [5.41, 5.74) is 2.08. The first-order valence-corrected chi connectivity index (χ1v) is 7.57. The lowest BCUT2D eigenvalue weighted by molar-refractivity contribution is 0.621. The molecule has 21 heavy (non-hydrogen) atoms. The summed E-state index contributed by atoms with van der Waals surface area (Å²) in [5, 5.41) is 13.8.